The first-order valence-electron chi connectivity index (χ1n) is 7.98. The van der Waals surface area contributed by atoms with E-state index in [4.69, 9.17) is 0 Å². The lowest BCUT2D eigenvalue weighted by atomic mass is 10.1. The number of thioether (sulfide) groups is 1. The van der Waals surface area contributed by atoms with Crippen molar-refractivity contribution in [2.45, 2.75) is 18.2 Å². The number of sulfonamides is 1. The van der Waals surface area contributed by atoms with Gasteiger partial charge in [0, 0.05) is 0 Å². The predicted octanol–water partition coefficient (Wildman–Crippen LogP) is 1.82. The maximum Gasteiger partial charge on any atom is 0.316 e. The average Bonchev–Trinajstić information content (AvgIpc) is 3.06. The van der Waals surface area contributed by atoms with E-state index in [1.807, 2.05) is 13.0 Å². The highest BCUT2D eigenvalue weighted by atomic mass is 32.2. The Balaban J connectivity index is 2.10. The molecule has 0 saturated carbocycles. The highest BCUT2D eigenvalue weighted by Crippen LogP contribution is 2.27. The van der Waals surface area contributed by atoms with E-state index in [1.54, 1.807) is 19.1 Å². The minimum Gasteiger partial charge on any atom is -0.468 e. The Labute approximate surface area is 171 Å². The highest BCUT2D eigenvalue weighted by Gasteiger charge is 2.23. The number of amides is 1. The number of benzene rings is 1. The average molecular weight is 445 g/mol. The molecule has 152 valence electrons. The number of aryl methyl sites for hydroxylation is 1. The minimum absolute atomic E-state index is 0.0770. The predicted molar refractivity (Wildman–Crippen MR) is 109 cm³/mol. The summed E-state index contributed by atoms with van der Waals surface area (Å²) in [6, 6.07) is 5.26. The molecule has 28 heavy (non-hydrogen) atoms. The number of carbonyl (C=O) groups excluding carboxylic acids is 2. The molecule has 1 heterocycles. The maximum atomic E-state index is 12.4. The van der Waals surface area contributed by atoms with Crippen LogP contribution in [0.4, 0.5) is 10.8 Å². The smallest absolute Gasteiger partial charge is 0.316 e. The lowest BCUT2D eigenvalue weighted by molar-refractivity contribution is -0.137. The third-order valence-corrected chi connectivity index (χ3v) is 6.80. The van der Waals surface area contributed by atoms with Gasteiger partial charge in [-0.05, 0) is 31.0 Å². The summed E-state index contributed by atoms with van der Waals surface area (Å²) in [7, 11) is -2.39. The Hall–Kier alpha value is -2.18. The number of nitrogens with one attached hydrogen (secondary N) is 1. The molecule has 1 aromatic carbocycles. The van der Waals surface area contributed by atoms with Crippen molar-refractivity contribution in [3.8, 4) is 0 Å². The van der Waals surface area contributed by atoms with Crippen molar-refractivity contribution in [3.63, 3.8) is 0 Å². The van der Waals surface area contributed by atoms with Crippen molar-refractivity contribution >= 4 is 55.8 Å². The van der Waals surface area contributed by atoms with E-state index in [2.05, 4.69) is 20.3 Å². The SMILES string of the molecule is COC(=O)CSc1nnc(NC(=O)CN(c2cccc(C)c2C)S(C)(=O)=O)s1. The van der Waals surface area contributed by atoms with Crippen molar-refractivity contribution in [2.24, 2.45) is 0 Å². The summed E-state index contributed by atoms with van der Waals surface area (Å²) in [5.74, 6) is -0.872. The van der Waals surface area contributed by atoms with Crippen molar-refractivity contribution in [1.82, 2.24) is 10.2 Å². The van der Waals surface area contributed by atoms with Gasteiger partial charge in [-0.15, -0.1) is 10.2 Å². The number of anilines is 2. The maximum absolute atomic E-state index is 12.4. The molecule has 0 aliphatic carbocycles. The van der Waals surface area contributed by atoms with Gasteiger partial charge in [0.1, 0.15) is 6.54 Å². The molecule has 0 spiro atoms. The van der Waals surface area contributed by atoms with Crippen molar-refractivity contribution < 1.29 is 22.7 Å². The second-order valence-electron chi connectivity index (χ2n) is 5.77. The molecule has 2 aromatic rings. The Morgan fingerprint density at radius 1 is 1.29 bits per heavy atom. The number of aromatic nitrogens is 2. The standard InChI is InChI=1S/C16H20N4O5S3/c1-10-6-5-7-12(11(10)2)20(28(4,23)24)8-13(21)17-15-18-19-16(27-15)26-9-14(22)25-3/h5-7H,8-9H2,1-4H3,(H,17,18,21). The number of carbonyl (C=O) groups is 2. The monoisotopic (exact) mass is 444 g/mol. The summed E-state index contributed by atoms with van der Waals surface area (Å²) in [6.45, 7) is 3.28. The number of ether oxygens (including phenoxy) is 1. The number of rotatable bonds is 8. The lowest BCUT2D eigenvalue weighted by Crippen LogP contribution is -2.38. The van der Waals surface area contributed by atoms with Crippen LogP contribution in [0.25, 0.3) is 0 Å². The van der Waals surface area contributed by atoms with E-state index in [9.17, 15) is 18.0 Å². The fraction of sp³-hybridized carbons (Fsp3) is 0.375. The molecule has 1 amide bonds. The van der Waals surface area contributed by atoms with Crippen molar-refractivity contribution in [2.75, 3.05) is 35.3 Å². The van der Waals surface area contributed by atoms with E-state index < -0.39 is 28.4 Å². The first-order valence-corrected chi connectivity index (χ1v) is 11.6. The van der Waals surface area contributed by atoms with Crippen LogP contribution in [0.5, 0.6) is 0 Å². The molecule has 0 saturated heterocycles. The molecule has 0 radical (unpaired) electrons. The number of esters is 1. The molecular formula is C16H20N4O5S3. The second kappa shape index (κ2) is 9.34. The summed E-state index contributed by atoms with van der Waals surface area (Å²) in [4.78, 5) is 23.6. The van der Waals surface area contributed by atoms with Crippen LogP contribution in [0, 0.1) is 13.8 Å². The van der Waals surface area contributed by atoms with Gasteiger partial charge < -0.3 is 4.74 Å². The number of methoxy groups -OCH3 is 1. The van der Waals surface area contributed by atoms with Crippen molar-refractivity contribution in [3.05, 3.63) is 29.3 Å². The number of nitrogens with zero attached hydrogens (tertiary/aromatic N) is 3. The van der Waals surface area contributed by atoms with Crippen LogP contribution in [0.15, 0.2) is 22.5 Å². The van der Waals surface area contributed by atoms with Crippen LogP contribution in [0.3, 0.4) is 0 Å². The third kappa shape index (κ3) is 5.91. The zero-order chi connectivity index (χ0) is 20.9. The van der Waals surface area contributed by atoms with Gasteiger partial charge in [-0.2, -0.15) is 0 Å². The normalized spacial score (nSPS) is 11.1. The topological polar surface area (TPSA) is 119 Å². The lowest BCUT2D eigenvalue weighted by Gasteiger charge is -2.24. The Morgan fingerprint density at radius 2 is 2.00 bits per heavy atom. The first-order chi connectivity index (χ1) is 13.1. The summed E-state index contributed by atoms with van der Waals surface area (Å²) < 4.78 is 30.6. The van der Waals surface area contributed by atoms with Gasteiger partial charge in [0.2, 0.25) is 21.1 Å². The molecule has 0 bridgehead atoms. The highest BCUT2D eigenvalue weighted by molar-refractivity contribution is 8.01. The van der Waals surface area contributed by atoms with Gasteiger partial charge in [-0.3, -0.25) is 19.2 Å². The van der Waals surface area contributed by atoms with E-state index >= 15 is 0 Å². The van der Waals surface area contributed by atoms with Crippen LogP contribution < -0.4 is 9.62 Å². The van der Waals surface area contributed by atoms with Gasteiger partial charge in [0.15, 0.2) is 4.34 Å². The van der Waals surface area contributed by atoms with Gasteiger partial charge in [0.25, 0.3) is 0 Å². The molecule has 0 atom stereocenters. The fourth-order valence-corrected chi connectivity index (χ4v) is 4.68. The summed E-state index contributed by atoms with van der Waals surface area (Å²) in [5.41, 5.74) is 2.14. The molecule has 1 aromatic heterocycles. The van der Waals surface area contributed by atoms with Gasteiger partial charge in [0.05, 0.1) is 24.8 Å². The summed E-state index contributed by atoms with van der Waals surface area (Å²) in [6.07, 6.45) is 1.05. The molecular weight excluding hydrogens is 424 g/mol. The van der Waals surface area contributed by atoms with Gasteiger partial charge >= 0.3 is 5.97 Å². The molecule has 0 unspecified atom stereocenters. The first kappa shape index (κ1) is 22.1. The Bertz CT molecular complexity index is 974. The molecule has 0 fully saturated rings. The second-order valence-corrected chi connectivity index (χ2v) is 9.88. The van der Waals surface area contributed by atoms with Crippen molar-refractivity contribution in [1.29, 1.82) is 0 Å². The summed E-state index contributed by atoms with van der Waals surface area (Å²) >= 11 is 2.22. The number of hydrogen-bond donors (Lipinski definition) is 1. The van der Waals surface area contributed by atoms with E-state index in [1.165, 1.54) is 7.11 Å². The van der Waals surface area contributed by atoms with E-state index in [-0.39, 0.29) is 10.9 Å². The van der Waals surface area contributed by atoms with E-state index in [0.717, 1.165) is 44.8 Å². The van der Waals surface area contributed by atoms with E-state index in [0.29, 0.717) is 10.0 Å². The molecule has 0 aliphatic rings. The van der Waals surface area contributed by atoms with Crippen LogP contribution in [-0.2, 0) is 24.3 Å². The fourth-order valence-electron chi connectivity index (χ4n) is 2.17. The Kier molecular flexibility index (Phi) is 7.38. The minimum atomic E-state index is -3.68. The molecule has 2 rings (SSSR count). The summed E-state index contributed by atoms with van der Waals surface area (Å²) in [5, 5.41) is 10.4. The third-order valence-electron chi connectivity index (χ3n) is 3.73. The van der Waals surface area contributed by atoms with Crippen LogP contribution in [0.2, 0.25) is 0 Å². The quantitative estimate of drug-likeness (QED) is 0.372. The molecule has 9 nitrogen and oxygen atoms in total. The zero-order valence-electron chi connectivity index (χ0n) is 15.8. The van der Waals surface area contributed by atoms with Gasteiger partial charge in [-0.1, -0.05) is 35.2 Å². The molecule has 12 heteroatoms. The largest absolute Gasteiger partial charge is 0.468 e. The van der Waals surface area contributed by atoms with Gasteiger partial charge in [-0.25, -0.2) is 8.42 Å². The number of hydrogen-bond acceptors (Lipinski definition) is 9. The van der Waals surface area contributed by atoms with Crippen LogP contribution in [0.1, 0.15) is 11.1 Å². The van der Waals surface area contributed by atoms with Crippen LogP contribution >= 0.6 is 23.1 Å². The zero-order valence-corrected chi connectivity index (χ0v) is 18.2. The molecule has 0 aliphatic heterocycles. The molecule has 1 N–H and O–H groups in total. The Morgan fingerprint density at radius 3 is 2.64 bits per heavy atom. The van der Waals surface area contributed by atoms with Crippen LogP contribution in [-0.4, -0.2) is 56.2 Å².